The third-order valence-electron chi connectivity index (χ3n) is 4.07. The molecule has 3 N–H and O–H groups in total. The molecule has 0 fully saturated rings. The maximum absolute atomic E-state index is 10.7. The Kier molecular flexibility index (Phi) is 5.40. The van der Waals surface area contributed by atoms with Crippen molar-refractivity contribution in [3.8, 4) is 0 Å². The number of nitrogens with zero attached hydrogens (tertiary/aromatic N) is 3. The van der Waals surface area contributed by atoms with Gasteiger partial charge in [0, 0.05) is 17.0 Å². The summed E-state index contributed by atoms with van der Waals surface area (Å²) in [5, 5.41) is 34.9. The minimum Gasteiger partial charge on any atom is -0.394 e. The van der Waals surface area contributed by atoms with Gasteiger partial charge in [-0.05, 0) is 30.2 Å². The summed E-state index contributed by atoms with van der Waals surface area (Å²) in [6.07, 6.45) is 1.26. The fourth-order valence-corrected chi connectivity index (χ4v) is 3.56. The predicted octanol–water partition coefficient (Wildman–Crippen LogP) is 2.67. The lowest BCUT2D eigenvalue weighted by Gasteiger charge is -2.23. The minimum atomic E-state index is -1.06. The van der Waals surface area contributed by atoms with Crippen LogP contribution in [0.15, 0.2) is 36.7 Å². The first kappa shape index (κ1) is 18.2. The lowest BCUT2D eigenvalue weighted by atomic mass is 10.0. The Balaban J connectivity index is 1.85. The normalized spacial score (nSPS) is 13.5. The summed E-state index contributed by atoms with van der Waals surface area (Å²) in [4.78, 5) is 20.7. The van der Waals surface area contributed by atoms with Gasteiger partial charge in [0.1, 0.15) is 23.1 Å². The van der Waals surface area contributed by atoms with Gasteiger partial charge in [-0.2, -0.15) is 0 Å². The number of aliphatic hydroxyl groups excluding tert-OH is 2. The number of nitrogens with one attached hydrogen (secondary N) is 1. The van der Waals surface area contributed by atoms with Crippen LogP contribution in [0.2, 0.25) is 0 Å². The third kappa shape index (κ3) is 3.64. The van der Waals surface area contributed by atoms with Crippen LogP contribution in [-0.2, 0) is 6.42 Å². The SMILES string of the molecule is CCc1cc2c(N[C@H](CO)[C@@H](O)c3ccc([N+](=O)[O-])cc3)ncnc2s1. The van der Waals surface area contributed by atoms with Gasteiger partial charge in [0.05, 0.1) is 23.0 Å². The monoisotopic (exact) mass is 374 g/mol. The van der Waals surface area contributed by atoms with Crippen LogP contribution in [0.1, 0.15) is 23.5 Å². The maximum atomic E-state index is 10.7. The highest BCUT2D eigenvalue weighted by atomic mass is 32.1. The summed E-state index contributed by atoms with van der Waals surface area (Å²) in [6.45, 7) is 1.72. The number of non-ortho nitro benzene ring substituents is 1. The summed E-state index contributed by atoms with van der Waals surface area (Å²) in [5.74, 6) is 0.533. The van der Waals surface area contributed by atoms with Gasteiger partial charge in [0.25, 0.3) is 5.69 Å². The van der Waals surface area contributed by atoms with E-state index in [1.165, 1.54) is 35.5 Å². The van der Waals surface area contributed by atoms with E-state index in [0.717, 1.165) is 16.6 Å². The van der Waals surface area contributed by atoms with Gasteiger partial charge in [-0.1, -0.05) is 6.92 Å². The van der Waals surface area contributed by atoms with Crippen LogP contribution in [0.3, 0.4) is 0 Å². The molecule has 0 saturated carbocycles. The molecule has 0 aliphatic heterocycles. The van der Waals surface area contributed by atoms with Gasteiger partial charge in [0.15, 0.2) is 0 Å². The summed E-state index contributed by atoms with van der Waals surface area (Å²) < 4.78 is 0. The molecule has 2 aromatic heterocycles. The van der Waals surface area contributed by atoms with Crippen molar-refractivity contribution in [2.24, 2.45) is 0 Å². The molecule has 2 atom stereocenters. The number of thiophene rings is 1. The molecule has 0 spiro atoms. The molecule has 9 heteroatoms. The van der Waals surface area contributed by atoms with Gasteiger partial charge in [0.2, 0.25) is 0 Å². The number of aliphatic hydroxyl groups is 2. The third-order valence-corrected chi connectivity index (χ3v) is 5.26. The number of benzene rings is 1. The molecular weight excluding hydrogens is 356 g/mol. The molecule has 0 aliphatic carbocycles. The predicted molar refractivity (Wildman–Crippen MR) is 99.3 cm³/mol. The lowest BCUT2D eigenvalue weighted by molar-refractivity contribution is -0.384. The van der Waals surface area contributed by atoms with Crippen molar-refractivity contribution in [2.75, 3.05) is 11.9 Å². The molecule has 3 rings (SSSR count). The Bertz CT molecular complexity index is 913. The zero-order valence-corrected chi connectivity index (χ0v) is 14.8. The van der Waals surface area contributed by atoms with E-state index in [9.17, 15) is 20.3 Å². The number of hydrogen-bond donors (Lipinski definition) is 3. The summed E-state index contributed by atoms with van der Waals surface area (Å²) in [7, 11) is 0. The van der Waals surface area contributed by atoms with Crippen molar-refractivity contribution >= 4 is 33.1 Å². The highest BCUT2D eigenvalue weighted by Crippen LogP contribution is 2.30. The number of aryl methyl sites for hydroxylation is 1. The van der Waals surface area contributed by atoms with Crippen molar-refractivity contribution < 1.29 is 15.1 Å². The number of aromatic nitrogens is 2. The Labute approximate surface area is 153 Å². The quantitative estimate of drug-likeness (QED) is 0.429. The number of rotatable bonds is 7. The fourth-order valence-electron chi connectivity index (χ4n) is 2.62. The first-order valence-electron chi connectivity index (χ1n) is 8.06. The van der Waals surface area contributed by atoms with Crippen molar-refractivity contribution in [2.45, 2.75) is 25.5 Å². The molecule has 0 unspecified atom stereocenters. The zero-order valence-electron chi connectivity index (χ0n) is 14.0. The molecule has 0 saturated heterocycles. The number of hydrogen-bond acceptors (Lipinski definition) is 8. The molecule has 8 nitrogen and oxygen atoms in total. The first-order valence-corrected chi connectivity index (χ1v) is 8.88. The maximum Gasteiger partial charge on any atom is 0.269 e. The smallest absolute Gasteiger partial charge is 0.269 e. The van der Waals surface area contributed by atoms with Crippen molar-refractivity contribution in [3.05, 3.63) is 57.2 Å². The van der Waals surface area contributed by atoms with Crippen LogP contribution in [0, 0.1) is 10.1 Å². The molecule has 0 aliphatic rings. The van der Waals surface area contributed by atoms with E-state index in [0.29, 0.717) is 11.4 Å². The van der Waals surface area contributed by atoms with E-state index in [-0.39, 0.29) is 12.3 Å². The Morgan fingerprint density at radius 3 is 2.65 bits per heavy atom. The van der Waals surface area contributed by atoms with Crippen molar-refractivity contribution in [1.82, 2.24) is 9.97 Å². The number of nitro groups is 1. The van der Waals surface area contributed by atoms with E-state index in [1.54, 1.807) is 11.3 Å². The number of nitro benzene ring substituents is 1. The van der Waals surface area contributed by atoms with Crippen LogP contribution in [0.5, 0.6) is 0 Å². The van der Waals surface area contributed by atoms with Gasteiger partial charge < -0.3 is 15.5 Å². The largest absolute Gasteiger partial charge is 0.394 e. The average Bonchev–Trinajstić information content (AvgIpc) is 3.09. The highest BCUT2D eigenvalue weighted by Gasteiger charge is 2.22. The molecular formula is C17H18N4O4S. The van der Waals surface area contributed by atoms with Crippen LogP contribution in [0.4, 0.5) is 11.5 Å². The molecule has 26 heavy (non-hydrogen) atoms. The fraction of sp³-hybridized carbons (Fsp3) is 0.294. The minimum absolute atomic E-state index is 0.0580. The summed E-state index contributed by atoms with van der Waals surface area (Å²) in [6, 6.07) is 6.87. The van der Waals surface area contributed by atoms with Gasteiger partial charge in [-0.25, -0.2) is 9.97 Å². The number of fused-ring (bicyclic) bond motifs is 1. The Morgan fingerprint density at radius 2 is 2.04 bits per heavy atom. The van der Waals surface area contributed by atoms with E-state index >= 15 is 0 Å². The van der Waals surface area contributed by atoms with Gasteiger partial charge in [-0.15, -0.1) is 11.3 Å². The summed E-state index contributed by atoms with van der Waals surface area (Å²) >= 11 is 1.58. The second kappa shape index (κ2) is 7.73. The van der Waals surface area contributed by atoms with Crippen LogP contribution < -0.4 is 5.32 Å². The Morgan fingerprint density at radius 1 is 1.31 bits per heavy atom. The van der Waals surface area contributed by atoms with Gasteiger partial charge >= 0.3 is 0 Å². The second-order valence-electron chi connectivity index (χ2n) is 5.73. The highest BCUT2D eigenvalue weighted by molar-refractivity contribution is 7.18. The molecule has 3 aromatic rings. The number of anilines is 1. The van der Waals surface area contributed by atoms with Crippen LogP contribution >= 0.6 is 11.3 Å². The van der Waals surface area contributed by atoms with E-state index in [1.807, 2.05) is 6.07 Å². The Hall–Kier alpha value is -2.62. The zero-order chi connectivity index (χ0) is 18.7. The molecule has 0 amide bonds. The first-order chi connectivity index (χ1) is 12.5. The molecule has 1 aromatic carbocycles. The van der Waals surface area contributed by atoms with E-state index in [4.69, 9.17) is 0 Å². The van der Waals surface area contributed by atoms with E-state index in [2.05, 4.69) is 22.2 Å². The molecule has 0 bridgehead atoms. The van der Waals surface area contributed by atoms with E-state index < -0.39 is 17.1 Å². The van der Waals surface area contributed by atoms with Gasteiger partial charge in [-0.3, -0.25) is 10.1 Å². The average molecular weight is 374 g/mol. The topological polar surface area (TPSA) is 121 Å². The standard InChI is InChI=1S/C17H18N4O4S/c1-2-12-7-13-16(18-9-19-17(13)26-12)20-14(8-22)15(23)10-3-5-11(6-4-10)21(24)25/h3-7,9,14-15,22-23H,2,8H2,1H3,(H,18,19,20)/t14-,15+/m1/s1. The summed E-state index contributed by atoms with van der Waals surface area (Å²) in [5.41, 5.74) is 0.407. The lowest BCUT2D eigenvalue weighted by Crippen LogP contribution is -2.31. The molecule has 2 heterocycles. The molecule has 136 valence electrons. The van der Waals surface area contributed by atoms with Crippen LogP contribution in [0.25, 0.3) is 10.2 Å². The van der Waals surface area contributed by atoms with Crippen LogP contribution in [-0.4, -0.2) is 37.8 Å². The second-order valence-corrected chi connectivity index (χ2v) is 6.85. The molecule has 0 radical (unpaired) electrons. The van der Waals surface area contributed by atoms with Crippen molar-refractivity contribution in [1.29, 1.82) is 0 Å². The van der Waals surface area contributed by atoms with Crippen molar-refractivity contribution in [3.63, 3.8) is 0 Å².